The van der Waals surface area contributed by atoms with Crippen LogP contribution >= 0.6 is 11.6 Å². The average Bonchev–Trinajstić information content (AvgIpc) is 2.74. The molecule has 6 nitrogen and oxygen atoms in total. The van der Waals surface area contributed by atoms with E-state index >= 15 is 0 Å². The first kappa shape index (κ1) is 21.8. The van der Waals surface area contributed by atoms with Crippen LogP contribution in [-0.2, 0) is 16.6 Å². The molecule has 0 atom stereocenters. The Kier molecular flexibility index (Phi) is 6.77. The minimum atomic E-state index is -3.78. The van der Waals surface area contributed by atoms with E-state index in [0.29, 0.717) is 6.54 Å². The Bertz CT molecular complexity index is 1120. The Morgan fingerprint density at radius 1 is 0.933 bits per heavy atom. The number of anilines is 1. The average molecular weight is 444 g/mol. The molecule has 0 bridgehead atoms. The largest absolute Gasteiger partial charge is 0.281 e. The molecule has 0 spiro atoms. The topological polar surface area (TPSA) is 69.7 Å². The molecule has 0 fully saturated rings. The zero-order valence-electron chi connectivity index (χ0n) is 16.6. The number of sulfonamides is 1. The molecule has 0 saturated heterocycles. The lowest BCUT2D eigenvalue weighted by Crippen LogP contribution is -2.42. The minimum Gasteiger partial charge on any atom is -0.281 e. The number of rotatable bonds is 7. The summed E-state index contributed by atoms with van der Waals surface area (Å²) in [7, 11) is -0.961. The maximum atomic E-state index is 13.0. The molecule has 156 valence electrons. The molecular formula is C22H22ClN3O3S. The number of hydrazine groups is 1. The Morgan fingerprint density at radius 2 is 1.53 bits per heavy atom. The van der Waals surface area contributed by atoms with Crippen molar-refractivity contribution in [1.82, 2.24) is 9.73 Å². The highest BCUT2D eigenvalue weighted by molar-refractivity contribution is 7.89. The number of amides is 1. The summed E-state index contributed by atoms with van der Waals surface area (Å²) in [6.07, 6.45) is 0. The molecule has 30 heavy (non-hydrogen) atoms. The number of para-hydroxylation sites is 1. The number of carbonyl (C=O) groups is 1. The van der Waals surface area contributed by atoms with E-state index in [9.17, 15) is 13.2 Å². The van der Waals surface area contributed by atoms with E-state index in [-0.39, 0.29) is 15.5 Å². The zero-order valence-corrected chi connectivity index (χ0v) is 18.2. The molecule has 8 heteroatoms. The number of benzene rings is 3. The van der Waals surface area contributed by atoms with Crippen molar-refractivity contribution in [1.29, 1.82) is 0 Å². The summed E-state index contributed by atoms with van der Waals surface area (Å²) >= 11 is 6.09. The van der Waals surface area contributed by atoms with Gasteiger partial charge >= 0.3 is 0 Å². The second kappa shape index (κ2) is 9.30. The fraction of sp³-hybridized carbons (Fsp3) is 0.136. The van der Waals surface area contributed by atoms with Crippen molar-refractivity contribution in [2.24, 2.45) is 0 Å². The smallest absolute Gasteiger partial charge is 0.269 e. The summed E-state index contributed by atoms with van der Waals surface area (Å²) in [5, 5.41) is 1.77. The lowest BCUT2D eigenvalue weighted by Gasteiger charge is -2.26. The molecule has 3 rings (SSSR count). The third-order valence-corrected chi connectivity index (χ3v) is 6.74. The van der Waals surface area contributed by atoms with Gasteiger partial charge in [0.2, 0.25) is 10.0 Å². The molecule has 0 radical (unpaired) electrons. The van der Waals surface area contributed by atoms with Crippen LogP contribution in [0.15, 0.2) is 83.8 Å². The standard InChI is InChI=1S/C22H22ClN3O3S/c1-25(2)30(28,29)21-15-18(13-14-20(21)23)22(27)24-26(19-11-7-4-8-12-19)16-17-9-5-3-6-10-17/h3-15H,16H2,1-2H3,(H,24,27). The van der Waals surface area contributed by atoms with Gasteiger partial charge < -0.3 is 0 Å². The van der Waals surface area contributed by atoms with Gasteiger partial charge in [0.05, 0.1) is 17.3 Å². The molecule has 1 N–H and O–H groups in total. The van der Waals surface area contributed by atoms with Gasteiger partial charge in [-0.3, -0.25) is 15.2 Å². The first-order valence-corrected chi connectivity index (χ1v) is 11.0. The highest BCUT2D eigenvalue weighted by atomic mass is 35.5. The number of carbonyl (C=O) groups excluding carboxylic acids is 1. The lowest BCUT2D eigenvalue weighted by atomic mass is 10.2. The van der Waals surface area contributed by atoms with E-state index in [1.165, 1.54) is 32.3 Å². The summed E-state index contributed by atoms with van der Waals surface area (Å²) in [5.74, 6) is -0.443. The SMILES string of the molecule is CN(C)S(=O)(=O)c1cc(C(=O)NN(Cc2ccccc2)c2ccccc2)ccc1Cl. The van der Waals surface area contributed by atoms with Crippen molar-refractivity contribution in [3.8, 4) is 0 Å². The molecule has 0 aromatic heterocycles. The minimum absolute atomic E-state index is 0.0597. The first-order valence-electron chi connectivity index (χ1n) is 9.18. The van der Waals surface area contributed by atoms with E-state index in [1.54, 1.807) is 5.01 Å². The molecule has 3 aromatic rings. The van der Waals surface area contributed by atoms with Crippen molar-refractivity contribution in [2.45, 2.75) is 11.4 Å². The van der Waals surface area contributed by atoms with Gasteiger partial charge in [0.25, 0.3) is 5.91 Å². The second-order valence-electron chi connectivity index (χ2n) is 6.78. The fourth-order valence-corrected chi connectivity index (χ4v) is 4.19. The second-order valence-corrected chi connectivity index (χ2v) is 9.31. The fourth-order valence-electron chi connectivity index (χ4n) is 2.80. The van der Waals surface area contributed by atoms with Crippen LogP contribution < -0.4 is 10.4 Å². The van der Waals surface area contributed by atoms with Crippen LogP contribution in [0.2, 0.25) is 5.02 Å². The molecular weight excluding hydrogens is 422 g/mol. The summed E-state index contributed by atoms with van der Waals surface area (Å²) in [5.41, 5.74) is 4.86. The van der Waals surface area contributed by atoms with E-state index < -0.39 is 15.9 Å². The van der Waals surface area contributed by atoms with Crippen LogP contribution in [0.5, 0.6) is 0 Å². The Morgan fingerprint density at radius 3 is 2.13 bits per heavy atom. The van der Waals surface area contributed by atoms with E-state index in [4.69, 9.17) is 11.6 Å². The maximum Gasteiger partial charge on any atom is 0.269 e. The van der Waals surface area contributed by atoms with Crippen LogP contribution in [0.4, 0.5) is 5.69 Å². The van der Waals surface area contributed by atoms with E-state index in [1.807, 2.05) is 60.7 Å². The Labute approximate surface area is 181 Å². The van der Waals surface area contributed by atoms with Crippen molar-refractivity contribution in [3.05, 3.63) is 95.0 Å². The summed E-state index contributed by atoms with van der Waals surface area (Å²) in [6.45, 7) is 0.438. The van der Waals surface area contributed by atoms with Gasteiger partial charge in [-0.05, 0) is 35.9 Å². The Balaban J connectivity index is 1.91. The van der Waals surface area contributed by atoms with Gasteiger partial charge in [-0.15, -0.1) is 0 Å². The van der Waals surface area contributed by atoms with Crippen LogP contribution in [0.1, 0.15) is 15.9 Å². The van der Waals surface area contributed by atoms with E-state index in [2.05, 4.69) is 5.43 Å². The first-order chi connectivity index (χ1) is 14.3. The molecule has 0 saturated carbocycles. The van der Waals surface area contributed by atoms with Gasteiger partial charge in [0, 0.05) is 19.7 Å². The highest BCUT2D eigenvalue weighted by Gasteiger charge is 2.23. The van der Waals surface area contributed by atoms with Gasteiger partial charge in [-0.1, -0.05) is 60.1 Å². The van der Waals surface area contributed by atoms with Gasteiger partial charge in [0.1, 0.15) is 4.90 Å². The van der Waals surface area contributed by atoms with Gasteiger partial charge in [0.15, 0.2) is 0 Å². The molecule has 0 aliphatic rings. The molecule has 0 aliphatic heterocycles. The van der Waals surface area contributed by atoms with Crippen LogP contribution in [-0.4, -0.2) is 32.7 Å². The summed E-state index contributed by atoms with van der Waals surface area (Å²) in [6, 6.07) is 23.3. The Hall–Kier alpha value is -2.87. The van der Waals surface area contributed by atoms with Crippen LogP contribution in [0.3, 0.4) is 0 Å². The quantitative estimate of drug-likeness (QED) is 0.561. The van der Waals surface area contributed by atoms with Crippen molar-refractivity contribution >= 4 is 33.2 Å². The van der Waals surface area contributed by atoms with Crippen LogP contribution in [0, 0.1) is 0 Å². The predicted octanol–water partition coefficient (Wildman–Crippen LogP) is 3.94. The predicted molar refractivity (Wildman–Crippen MR) is 119 cm³/mol. The highest BCUT2D eigenvalue weighted by Crippen LogP contribution is 2.25. The molecule has 0 aliphatic carbocycles. The monoisotopic (exact) mass is 443 g/mol. The van der Waals surface area contributed by atoms with Crippen molar-refractivity contribution < 1.29 is 13.2 Å². The van der Waals surface area contributed by atoms with Crippen LogP contribution in [0.25, 0.3) is 0 Å². The number of nitrogens with one attached hydrogen (secondary N) is 1. The lowest BCUT2D eigenvalue weighted by molar-refractivity contribution is 0.0948. The normalized spacial score (nSPS) is 11.3. The number of hydrogen-bond acceptors (Lipinski definition) is 4. The summed E-state index contributed by atoms with van der Waals surface area (Å²) in [4.78, 5) is 12.9. The molecule has 1 amide bonds. The number of halogens is 1. The summed E-state index contributed by atoms with van der Waals surface area (Å²) < 4.78 is 26.1. The van der Waals surface area contributed by atoms with Crippen molar-refractivity contribution in [3.63, 3.8) is 0 Å². The van der Waals surface area contributed by atoms with E-state index in [0.717, 1.165) is 15.6 Å². The van der Waals surface area contributed by atoms with Gasteiger partial charge in [-0.2, -0.15) is 0 Å². The maximum absolute atomic E-state index is 13.0. The molecule has 0 heterocycles. The van der Waals surface area contributed by atoms with Gasteiger partial charge in [-0.25, -0.2) is 12.7 Å². The molecule has 3 aromatic carbocycles. The van der Waals surface area contributed by atoms with Crippen molar-refractivity contribution in [2.75, 3.05) is 19.1 Å². The third kappa shape index (κ3) is 4.99. The number of nitrogens with zero attached hydrogens (tertiary/aromatic N) is 2. The number of hydrogen-bond donors (Lipinski definition) is 1. The zero-order chi connectivity index (χ0) is 21.7. The molecule has 0 unspecified atom stereocenters. The third-order valence-electron chi connectivity index (χ3n) is 4.44.